The third-order valence-electron chi connectivity index (χ3n) is 1.72. The molecule has 0 saturated carbocycles. The van der Waals surface area contributed by atoms with Gasteiger partial charge in [-0.15, -0.1) is 0 Å². The predicted octanol–water partition coefficient (Wildman–Crippen LogP) is 2.03. The van der Waals surface area contributed by atoms with Gasteiger partial charge in [0.2, 0.25) is 9.84 Å². The first-order valence-electron chi connectivity index (χ1n) is 4.36. The van der Waals surface area contributed by atoms with E-state index in [0.29, 0.717) is 10.6 Å². The van der Waals surface area contributed by atoms with Gasteiger partial charge in [-0.05, 0) is 17.7 Å². The van der Waals surface area contributed by atoms with E-state index in [1.165, 1.54) is 6.08 Å². The molecule has 0 saturated heterocycles. The average molecular weight is 257 g/mol. The molecule has 1 rings (SSSR count). The lowest BCUT2D eigenvalue weighted by Crippen LogP contribution is -2.04. The van der Waals surface area contributed by atoms with Crippen LogP contribution in [0.15, 0.2) is 30.3 Å². The molecule has 0 fully saturated rings. The summed E-state index contributed by atoms with van der Waals surface area (Å²) in [6.45, 7) is 0. The van der Waals surface area contributed by atoms with Crippen molar-refractivity contribution in [2.24, 2.45) is 0 Å². The van der Waals surface area contributed by atoms with Crippen molar-refractivity contribution in [3.05, 3.63) is 46.5 Å². The zero-order valence-electron chi connectivity index (χ0n) is 8.25. The highest BCUT2D eigenvalue weighted by Crippen LogP contribution is 2.10. The Labute approximate surface area is 98.7 Å². The van der Waals surface area contributed by atoms with Crippen LogP contribution in [-0.4, -0.2) is 24.5 Å². The maximum Gasteiger partial charge on any atom is 0.370 e. The molecule has 0 unspecified atom stereocenters. The minimum absolute atomic E-state index is 0.209. The topological polar surface area (TPSA) is 70.5 Å². The first-order valence-corrected chi connectivity index (χ1v) is 6.45. The largest absolute Gasteiger partial charge is 0.370 e. The summed E-state index contributed by atoms with van der Waals surface area (Å²) in [5, 5.41) is 0.622. The monoisotopic (exact) mass is 256 g/mol. The summed E-state index contributed by atoms with van der Waals surface area (Å²) < 4.78 is 22.2. The predicted molar refractivity (Wildman–Crippen MR) is 64.0 cm³/mol. The lowest BCUT2D eigenvalue weighted by molar-refractivity contribution is 0.00756. The van der Waals surface area contributed by atoms with Gasteiger partial charge in [-0.25, -0.2) is 8.42 Å². The van der Waals surface area contributed by atoms with Crippen LogP contribution in [0.25, 0.3) is 11.6 Å². The van der Waals surface area contributed by atoms with Gasteiger partial charge < -0.3 is 5.53 Å². The van der Waals surface area contributed by atoms with Crippen molar-refractivity contribution in [3.8, 4) is 0 Å². The summed E-state index contributed by atoms with van der Waals surface area (Å²) in [5.74, 6) is -0.209. The van der Waals surface area contributed by atoms with Crippen molar-refractivity contribution >= 4 is 33.1 Å². The molecule has 4 nitrogen and oxygen atoms in total. The van der Waals surface area contributed by atoms with Gasteiger partial charge in [0.25, 0.3) is 0 Å². The van der Waals surface area contributed by atoms with Crippen molar-refractivity contribution in [2.45, 2.75) is 0 Å². The molecule has 0 N–H and O–H groups in total. The number of halogens is 1. The molecule has 0 amide bonds. The van der Waals surface area contributed by atoms with Crippen LogP contribution in [0.5, 0.6) is 0 Å². The SMILES string of the molecule is [N-]=[N+]=CS(=O)(=O)CC=Cc1ccc(Cl)cc1. The number of benzene rings is 1. The van der Waals surface area contributed by atoms with E-state index in [2.05, 4.69) is 4.79 Å². The fraction of sp³-hybridized carbons (Fsp3) is 0.100. The molecule has 1 aromatic rings. The zero-order valence-corrected chi connectivity index (χ0v) is 9.82. The molecule has 0 atom stereocenters. The highest BCUT2D eigenvalue weighted by molar-refractivity contribution is 8.04. The van der Waals surface area contributed by atoms with Crippen LogP contribution in [0.2, 0.25) is 5.02 Å². The second kappa shape index (κ2) is 5.61. The van der Waals surface area contributed by atoms with Crippen LogP contribution in [-0.2, 0) is 9.84 Å². The molecule has 1 aromatic carbocycles. The number of hydrogen-bond donors (Lipinski definition) is 0. The van der Waals surface area contributed by atoms with Crippen molar-refractivity contribution < 1.29 is 13.2 Å². The van der Waals surface area contributed by atoms with Crippen molar-refractivity contribution in [2.75, 3.05) is 5.75 Å². The van der Waals surface area contributed by atoms with Crippen LogP contribution in [0.1, 0.15) is 5.56 Å². The minimum Gasteiger partial charge on any atom is -0.361 e. The van der Waals surface area contributed by atoms with Gasteiger partial charge in [0, 0.05) is 5.02 Å². The molecule has 0 heterocycles. The van der Waals surface area contributed by atoms with Gasteiger partial charge in [0.15, 0.2) is 0 Å². The third kappa shape index (κ3) is 4.40. The van der Waals surface area contributed by atoms with E-state index < -0.39 is 9.84 Å². The van der Waals surface area contributed by atoms with Crippen LogP contribution < -0.4 is 0 Å². The van der Waals surface area contributed by atoms with Crippen molar-refractivity contribution in [1.29, 1.82) is 0 Å². The Hall–Kier alpha value is -1.42. The van der Waals surface area contributed by atoms with E-state index in [0.717, 1.165) is 5.56 Å². The molecule has 0 bridgehead atoms. The maximum atomic E-state index is 11.1. The van der Waals surface area contributed by atoms with Crippen LogP contribution >= 0.6 is 11.6 Å². The van der Waals surface area contributed by atoms with Crippen LogP contribution in [0, 0.1) is 0 Å². The van der Waals surface area contributed by atoms with Gasteiger partial charge >= 0.3 is 5.55 Å². The van der Waals surface area contributed by atoms with Crippen molar-refractivity contribution in [1.82, 2.24) is 0 Å². The Morgan fingerprint density at radius 3 is 2.50 bits per heavy atom. The van der Waals surface area contributed by atoms with E-state index in [1.807, 2.05) is 0 Å². The summed E-state index contributed by atoms with van der Waals surface area (Å²) in [5.41, 5.74) is 9.46. The lowest BCUT2D eigenvalue weighted by Gasteiger charge is -1.92. The van der Waals surface area contributed by atoms with E-state index in [1.54, 1.807) is 30.3 Å². The van der Waals surface area contributed by atoms with E-state index in [4.69, 9.17) is 17.1 Å². The summed E-state index contributed by atoms with van der Waals surface area (Å²) in [4.78, 5) is 2.48. The van der Waals surface area contributed by atoms with Crippen LogP contribution in [0.3, 0.4) is 0 Å². The number of sulfone groups is 1. The first-order chi connectivity index (χ1) is 7.53. The van der Waals surface area contributed by atoms with Gasteiger partial charge in [-0.3, -0.25) is 0 Å². The maximum absolute atomic E-state index is 11.1. The van der Waals surface area contributed by atoms with Gasteiger partial charge in [-0.2, -0.15) is 4.79 Å². The lowest BCUT2D eigenvalue weighted by atomic mass is 10.2. The van der Waals surface area contributed by atoms with Gasteiger partial charge in [0.1, 0.15) is 0 Å². The molecular weight excluding hydrogens is 248 g/mol. The Kier molecular flexibility index (Phi) is 4.43. The minimum atomic E-state index is -3.46. The summed E-state index contributed by atoms with van der Waals surface area (Å²) in [6, 6.07) is 6.97. The Morgan fingerprint density at radius 2 is 1.94 bits per heavy atom. The zero-order chi connectivity index (χ0) is 12.0. The quantitative estimate of drug-likeness (QED) is 0.358. The molecular formula is C10H9ClN2O2S. The molecule has 84 valence electrons. The number of rotatable bonds is 4. The normalized spacial score (nSPS) is 11.3. The highest BCUT2D eigenvalue weighted by atomic mass is 35.5. The summed E-state index contributed by atoms with van der Waals surface area (Å²) >= 11 is 5.69. The smallest absolute Gasteiger partial charge is 0.361 e. The van der Waals surface area contributed by atoms with E-state index >= 15 is 0 Å². The van der Waals surface area contributed by atoms with Crippen molar-refractivity contribution in [3.63, 3.8) is 0 Å². The third-order valence-corrected chi connectivity index (χ3v) is 3.04. The standard InChI is InChI=1S/C10H9ClN2O2S/c11-10-5-3-9(4-6-10)2-1-7-16(14,15)8-13-12/h1-6,8H,7H2. The van der Waals surface area contributed by atoms with E-state index in [-0.39, 0.29) is 5.75 Å². The average Bonchev–Trinajstić information content (AvgIpc) is 2.20. The van der Waals surface area contributed by atoms with Crippen LogP contribution in [0.4, 0.5) is 0 Å². The second-order valence-electron chi connectivity index (χ2n) is 3.00. The molecule has 0 spiro atoms. The molecule has 0 aliphatic heterocycles. The Bertz CT molecular complexity index is 528. The molecule has 0 aliphatic rings. The van der Waals surface area contributed by atoms with Gasteiger partial charge in [-0.1, -0.05) is 35.9 Å². The Balaban J connectivity index is 2.69. The molecule has 6 heteroatoms. The fourth-order valence-electron chi connectivity index (χ4n) is 1.01. The van der Waals surface area contributed by atoms with E-state index in [9.17, 15) is 8.42 Å². The Morgan fingerprint density at radius 1 is 1.31 bits per heavy atom. The highest BCUT2D eigenvalue weighted by Gasteiger charge is 2.08. The second-order valence-corrected chi connectivity index (χ2v) is 5.31. The number of nitrogens with zero attached hydrogens (tertiary/aromatic N) is 2. The summed E-state index contributed by atoms with van der Waals surface area (Å²) in [6.07, 6.45) is 3.12. The molecule has 0 aliphatic carbocycles. The first kappa shape index (κ1) is 12.6. The van der Waals surface area contributed by atoms with Gasteiger partial charge in [0.05, 0.1) is 5.75 Å². The molecule has 0 aromatic heterocycles. The number of hydrogen-bond acceptors (Lipinski definition) is 2. The fourth-order valence-corrected chi connectivity index (χ4v) is 1.73. The molecule has 0 radical (unpaired) electrons. The summed E-state index contributed by atoms with van der Waals surface area (Å²) in [7, 11) is -3.46. The molecule has 16 heavy (non-hydrogen) atoms.